The van der Waals surface area contributed by atoms with Crippen molar-refractivity contribution >= 4 is 29.2 Å². The number of alkyl halides is 2. The molecule has 0 saturated heterocycles. The molecule has 0 radical (unpaired) electrons. The summed E-state index contributed by atoms with van der Waals surface area (Å²) < 4.78 is 4.64. The minimum Gasteiger partial charge on any atom is -0.449 e. The number of carbonyl (C=O) groups is 1. The van der Waals surface area contributed by atoms with E-state index in [1.165, 1.54) is 19.3 Å². The van der Waals surface area contributed by atoms with Gasteiger partial charge in [0.05, 0.1) is 0 Å². The van der Waals surface area contributed by atoms with Crippen molar-refractivity contribution in [2.24, 2.45) is 0 Å². The smallest absolute Gasteiger partial charge is 0.306 e. The van der Waals surface area contributed by atoms with Crippen LogP contribution in [0, 0.1) is 0 Å². The molecule has 0 heterocycles. The Morgan fingerprint density at radius 1 is 1.12 bits per heavy atom. The minimum absolute atomic E-state index is 0.0344. The molecular formula is C13H24Cl2O2. The van der Waals surface area contributed by atoms with Crippen LogP contribution < -0.4 is 0 Å². The fourth-order valence-electron chi connectivity index (χ4n) is 1.76. The monoisotopic (exact) mass is 282 g/mol. The normalized spacial score (nSPS) is 12.4. The van der Waals surface area contributed by atoms with Crippen LogP contribution in [0.3, 0.4) is 0 Å². The van der Waals surface area contributed by atoms with Gasteiger partial charge in [-0.15, -0.1) is 11.6 Å². The Labute approximate surface area is 115 Å². The highest BCUT2D eigenvalue weighted by Crippen LogP contribution is 2.15. The van der Waals surface area contributed by atoms with Crippen LogP contribution in [-0.2, 0) is 9.53 Å². The molecule has 4 heteroatoms. The molecule has 0 aromatic carbocycles. The molecular weight excluding hydrogens is 259 g/mol. The molecule has 0 saturated carbocycles. The Morgan fingerprint density at radius 3 is 2.41 bits per heavy atom. The van der Waals surface area contributed by atoms with Crippen LogP contribution >= 0.6 is 23.2 Å². The molecule has 1 atom stereocenters. The maximum atomic E-state index is 11.0. The van der Waals surface area contributed by atoms with Gasteiger partial charge >= 0.3 is 5.97 Å². The zero-order valence-corrected chi connectivity index (χ0v) is 12.2. The van der Waals surface area contributed by atoms with E-state index in [1.54, 1.807) is 0 Å². The molecule has 0 aliphatic carbocycles. The van der Waals surface area contributed by atoms with E-state index in [0.717, 1.165) is 32.1 Å². The van der Waals surface area contributed by atoms with Crippen LogP contribution in [-0.4, -0.2) is 17.4 Å². The molecule has 0 aromatic rings. The predicted molar refractivity (Wildman–Crippen MR) is 73.7 cm³/mol. The molecule has 0 spiro atoms. The second-order valence-electron chi connectivity index (χ2n) is 4.32. The minimum atomic E-state index is -0.191. The van der Waals surface area contributed by atoms with E-state index in [2.05, 4.69) is 11.7 Å². The van der Waals surface area contributed by atoms with E-state index in [0.29, 0.717) is 11.8 Å². The molecule has 0 aliphatic heterocycles. The summed E-state index contributed by atoms with van der Waals surface area (Å²) in [6.45, 7) is 2.16. The van der Waals surface area contributed by atoms with Crippen molar-refractivity contribution in [3.8, 4) is 0 Å². The Kier molecular flexibility index (Phi) is 12.5. The maximum Gasteiger partial charge on any atom is 0.306 e. The molecule has 1 unspecified atom stereocenters. The molecule has 2 nitrogen and oxygen atoms in total. The van der Waals surface area contributed by atoms with Crippen molar-refractivity contribution in [3.05, 3.63) is 0 Å². The number of unbranched alkanes of at least 4 members (excludes halogenated alkanes) is 4. The van der Waals surface area contributed by atoms with Gasteiger partial charge in [-0.2, -0.15) is 0 Å². The Balaban J connectivity index is 3.16. The summed E-state index contributed by atoms with van der Waals surface area (Å²) in [5.74, 6) is -0.191. The summed E-state index contributed by atoms with van der Waals surface area (Å²) in [5.41, 5.74) is 0. The summed E-state index contributed by atoms with van der Waals surface area (Å²) in [4.78, 5) is 11.0. The molecule has 0 rings (SSSR count). The van der Waals surface area contributed by atoms with E-state index in [9.17, 15) is 4.79 Å². The quantitative estimate of drug-likeness (QED) is 0.307. The van der Waals surface area contributed by atoms with Gasteiger partial charge in [0.1, 0.15) is 0 Å². The molecule has 0 amide bonds. The SMILES string of the molecule is CCCC(Cl)CCCCCCCC(=O)OCCl. The van der Waals surface area contributed by atoms with Crippen LogP contribution in [0.15, 0.2) is 0 Å². The fourth-order valence-corrected chi connectivity index (χ4v) is 2.25. The van der Waals surface area contributed by atoms with Crippen molar-refractivity contribution in [2.45, 2.75) is 70.1 Å². The lowest BCUT2D eigenvalue weighted by Gasteiger charge is -2.07. The van der Waals surface area contributed by atoms with Crippen LogP contribution in [0.25, 0.3) is 0 Å². The van der Waals surface area contributed by atoms with E-state index < -0.39 is 0 Å². The van der Waals surface area contributed by atoms with Crippen molar-refractivity contribution in [3.63, 3.8) is 0 Å². The molecule has 102 valence electrons. The van der Waals surface area contributed by atoms with Crippen LogP contribution in [0.4, 0.5) is 0 Å². The lowest BCUT2D eigenvalue weighted by Crippen LogP contribution is -2.02. The summed E-state index contributed by atoms with van der Waals surface area (Å²) >= 11 is 11.4. The van der Waals surface area contributed by atoms with Gasteiger partial charge < -0.3 is 4.74 Å². The molecule has 0 aromatic heterocycles. The third-order valence-electron chi connectivity index (χ3n) is 2.72. The summed E-state index contributed by atoms with van der Waals surface area (Å²) in [5, 5.41) is 0.346. The van der Waals surface area contributed by atoms with Gasteiger partial charge in [-0.05, 0) is 19.3 Å². The highest BCUT2D eigenvalue weighted by atomic mass is 35.5. The highest BCUT2D eigenvalue weighted by Gasteiger charge is 2.03. The second-order valence-corrected chi connectivity index (χ2v) is 5.15. The van der Waals surface area contributed by atoms with E-state index in [-0.39, 0.29) is 12.0 Å². The first-order chi connectivity index (χ1) is 8.20. The lowest BCUT2D eigenvalue weighted by molar-refractivity contribution is -0.141. The molecule has 0 N–H and O–H groups in total. The number of rotatable bonds is 11. The lowest BCUT2D eigenvalue weighted by atomic mass is 10.1. The third kappa shape index (κ3) is 12.3. The zero-order chi connectivity index (χ0) is 12.9. The summed E-state index contributed by atoms with van der Waals surface area (Å²) in [6.07, 6.45) is 9.43. The maximum absolute atomic E-state index is 11.0. The van der Waals surface area contributed by atoms with Crippen molar-refractivity contribution in [1.82, 2.24) is 0 Å². The van der Waals surface area contributed by atoms with Crippen LogP contribution in [0.1, 0.15) is 64.7 Å². The number of halogens is 2. The number of hydrogen-bond acceptors (Lipinski definition) is 2. The number of ether oxygens (including phenoxy) is 1. The number of carbonyl (C=O) groups excluding carboxylic acids is 1. The largest absolute Gasteiger partial charge is 0.449 e. The Hall–Kier alpha value is 0.0500. The number of esters is 1. The predicted octanol–water partition coefficient (Wildman–Crippen LogP) is 4.86. The van der Waals surface area contributed by atoms with E-state index in [1.807, 2.05) is 0 Å². The molecule has 0 fully saturated rings. The van der Waals surface area contributed by atoms with Gasteiger partial charge in [-0.3, -0.25) is 4.79 Å². The van der Waals surface area contributed by atoms with Gasteiger partial charge in [0, 0.05) is 11.8 Å². The van der Waals surface area contributed by atoms with E-state index in [4.69, 9.17) is 23.2 Å². The molecule has 0 aliphatic rings. The Morgan fingerprint density at radius 2 is 1.76 bits per heavy atom. The number of hydrogen-bond donors (Lipinski definition) is 0. The van der Waals surface area contributed by atoms with Gasteiger partial charge in [0.25, 0.3) is 0 Å². The topological polar surface area (TPSA) is 26.3 Å². The Bertz CT molecular complexity index is 186. The van der Waals surface area contributed by atoms with Gasteiger partial charge in [-0.25, -0.2) is 0 Å². The van der Waals surface area contributed by atoms with Crippen LogP contribution in [0.5, 0.6) is 0 Å². The van der Waals surface area contributed by atoms with Crippen molar-refractivity contribution in [1.29, 1.82) is 0 Å². The van der Waals surface area contributed by atoms with Crippen molar-refractivity contribution in [2.75, 3.05) is 6.07 Å². The van der Waals surface area contributed by atoms with Gasteiger partial charge in [0.2, 0.25) is 0 Å². The molecule has 17 heavy (non-hydrogen) atoms. The first kappa shape index (κ1) is 17.1. The average Bonchev–Trinajstić information content (AvgIpc) is 2.28. The first-order valence-electron chi connectivity index (χ1n) is 6.56. The van der Waals surface area contributed by atoms with E-state index >= 15 is 0 Å². The standard InChI is InChI=1S/C13H24Cl2O2/c1-2-8-12(15)9-6-4-3-5-7-10-13(16)17-11-14/h12H,2-11H2,1H3. The average molecular weight is 283 g/mol. The zero-order valence-electron chi connectivity index (χ0n) is 10.7. The second kappa shape index (κ2) is 12.5. The first-order valence-corrected chi connectivity index (χ1v) is 7.53. The van der Waals surface area contributed by atoms with Crippen molar-refractivity contribution < 1.29 is 9.53 Å². The third-order valence-corrected chi connectivity index (χ3v) is 3.26. The summed E-state index contributed by atoms with van der Waals surface area (Å²) in [7, 11) is 0. The van der Waals surface area contributed by atoms with Crippen LogP contribution in [0.2, 0.25) is 0 Å². The van der Waals surface area contributed by atoms with Gasteiger partial charge in [-0.1, -0.05) is 50.6 Å². The highest BCUT2D eigenvalue weighted by molar-refractivity contribution is 6.20. The molecule has 0 bridgehead atoms. The van der Waals surface area contributed by atoms with Gasteiger partial charge in [0.15, 0.2) is 6.07 Å². The fraction of sp³-hybridized carbons (Fsp3) is 0.923. The summed E-state index contributed by atoms with van der Waals surface area (Å²) in [6, 6.07) is -0.0344.